The highest BCUT2D eigenvalue weighted by Gasteiger charge is 2.32. The van der Waals surface area contributed by atoms with Crippen molar-refractivity contribution < 1.29 is 22.4 Å². The van der Waals surface area contributed by atoms with Crippen LogP contribution in [-0.2, 0) is 21.1 Å². The van der Waals surface area contributed by atoms with E-state index in [1.807, 2.05) is 0 Å². The second-order valence-corrected chi connectivity index (χ2v) is 9.76. The SMILES string of the molecule is COC1CCC(S(=O)(=O)c2ccc(CNC(=O)c3cc4ccncc4o3)cc2)CC1. The molecule has 0 unspecified atom stereocenters. The molecular weight excluding hydrogens is 404 g/mol. The van der Waals surface area contributed by atoms with E-state index in [1.54, 1.807) is 55.9 Å². The van der Waals surface area contributed by atoms with Gasteiger partial charge in [-0.25, -0.2) is 8.42 Å². The highest BCUT2D eigenvalue weighted by atomic mass is 32.2. The van der Waals surface area contributed by atoms with E-state index in [9.17, 15) is 13.2 Å². The van der Waals surface area contributed by atoms with Crippen molar-refractivity contribution >= 4 is 26.7 Å². The van der Waals surface area contributed by atoms with Gasteiger partial charge in [0.1, 0.15) is 0 Å². The van der Waals surface area contributed by atoms with Crippen molar-refractivity contribution in [2.45, 2.75) is 48.5 Å². The number of ether oxygens (including phenoxy) is 1. The van der Waals surface area contributed by atoms with E-state index in [2.05, 4.69) is 10.3 Å². The largest absolute Gasteiger partial charge is 0.449 e. The third-order valence-electron chi connectivity index (χ3n) is 5.65. The third kappa shape index (κ3) is 4.24. The van der Waals surface area contributed by atoms with E-state index in [4.69, 9.17) is 9.15 Å². The van der Waals surface area contributed by atoms with Gasteiger partial charge in [0.25, 0.3) is 5.91 Å². The van der Waals surface area contributed by atoms with Crippen molar-refractivity contribution in [2.24, 2.45) is 0 Å². The number of rotatable bonds is 6. The number of furan rings is 1. The van der Waals surface area contributed by atoms with Gasteiger partial charge in [-0.2, -0.15) is 0 Å². The van der Waals surface area contributed by atoms with Crippen molar-refractivity contribution in [2.75, 3.05) is 7.11 Å². The van der Waals surface area contributed by atoms with Crippen LogP contribution in [0.3, 0.4) is 0 Å². The van der Waals surface area contributed by atoms with Crippen LogP contribution in [0.1, 0.15) is 41.8 Å². The zero-order valence-corrected chi connectivity index (χ0v) is 17.5. The monoisotopic (exact) mass is 428 g/mol. The van der Waals surface area contributed by atoms with Crippen LogP contribution in [0.25, 0.3) is 11.0 Å². The van der Waals surface area contributed by atoms with Crippen LogP contribution in [0.15, 0.2) is 58.1 Å². The summed E-state index contributed by atoms with van der Waals surface area (Å²) in [5, 5.41) is 3.24. The Morgan fingerprint density at radius 3 is 2.57 bits per heavy atom. The van der Waals surface area contributed by atoms with Gasteiger partial charge < -0.3 is 14.5 Å². The molecule has 0 bridgehead atoms. The van der Waals surface area contributed by atoms with E-state index in [0.29, 0.717) is 23.3 Å². The van der Waals surface area contributed by atoms with Gasteiger partial charge in [0.05, 0.1) is 22.4 Å². The number of amides is 1. The van der Waals surface area contributed by atoms with Gasteiger partial charge in [0.2, 0.25) is 0 Å². The molecule has 1 aromatic carbocycles. The maximum absolute atomic E-state index is 12.9. The standard InChI is InChI=1S/C22H24N2O5S/c1-28-17-4-8-19(9-5-17)30(26,27)18-6-2-15(3-7-18)13-24-22(25)20-12-16-10-11-23-14-21(16)29-20/h2-3,6-7,10-12,14,17,19H,4-5,8-9,13H2,1H3,(H,24,25). The maximum atomic E-state index is 12.9. The maximum Gasteiger partial charge on any atom is 0.287 e. The molecule has 8 heteroatoms. The summed E-state index contributed by atoms with van der Waals surface area (Å²) in [5.74, 6) is -0.123. The fourth-order valence-corrected chi connectivity index (χ4v) is 5.63. The third-order valence-corrected chi connectivity index (χ3v) is 7.92. The van der Waals surface area contributed by atoms with Crippen molar-refractivity contribution in [3.8, 4) is 0 Å². The molecule has 1 saturated carbocycles. The first-order chi connectivity index (χ1) is 14.5. The molecule has 2 aromatic heterocycles. The number of sulfone groups is 1. The van der Waals surface area contributed by atoms with Gasteiger partial charge >= 0.3 is 0 Å². The number of methoxy groups -OCH3 is 1. The van der Waals surface area contributed by atoms with Crippen LogP contribution in [0.4, 0.5) is 0 Å². The first-order valence-corrected chi connectivity index (χ1v) is 11.5. The van der Waals surface area contributed by atoms with Crippen molar-refractivity contribution in [3.63, 3.8) is 0 Å². The van der Waals surface area contributed by atoms with Crippen LogP contribution >= 0.6 is 0 Å². The number of benzene rings is 1. The Balaban J connectivity index is 1.38. The van der Waals surface area contributed by atoms with Gasteiger partial charge in [0.15, 0.2) is 21.2 Å². The lowest BCUT2D eigenvalue weighted by Gasteiger charge is -2.27. The summed E-state index contributed by atoms with van der Waals surface area (Å²) in [4.78, 5) is 16.6. The first kappa shape index (κ1) is 20.6. The average molecular weight is 429 g/mol. The molecule has 158 valence electrons. The molecule has 30 heavy (non-hydrogen) atoms. The summed E-state index contributed by atoms with van der Waals surface area (Å²) in [6.07, 6.45) is 6.12. The second-order valence-electron chi connectivity index (χ2n) is 7.53. The summed E-state index contributed by atoms with van der Waals surface area (Å²) < 4.78 is 36.6. The molecule has 0 aliphatic heterocycles. The van der Waals surface area contributed by atoms with Crippen LogP contribution in [0.2, 0.25) is 0 Å². The number of hydrogen-bond donors (Lipinski definition) is 1. The molecule has 0 radical (unpaired) electrons. The van der Waals surface area contributed by atoms with Crippen LogP contribution in [-0.4, -0.2) is 37.8 Å². The number of nitrogens with one attached hydrogen (secondary N) is 1. The van der Waals surface area contributed by atoms with E-state index >= 15 is 0 Å². The van der Waals surface area contributed by atoms with Gasteiger partial charge in [-0.3, -0.25) is 9.78 Å². The Labute approximate surface area is 175 Å². The lowest BCUT2D eigenvalue weighted by Crippen LogP contribution is -2.30. The summed E-state index contributed by atoms with van der Waals surface area (Å²) in [6.45, 7) is 0.271. The summed E-state index contributed by atoms with van der Waals surface area (Å²) in [6, 6.07) is 10.1. The molecule has 7 nitrogen and oxygen atoms in total. The smallest absolute Gasteiger partial charge is 0.287 e. The second kappa shape index (κ2) is 8.57. The number of fused-ring (bicyclic) bond motifs is 1. The molecule has 1 aliphatic carbocycles. The van der Waals surface area contributed by atoms with Crippen molar-refractivity contribution in [3.05, 3.63) is 60.1 Å². The van der Waals surface area contributed by atoms with Crippen molar-refractivity contribution in [1.82, 2.24) is 10.3 Å². The Kier molecular flexibility index (Phi) is 5.87. The molecule has 1 aliphatic rings. The quantitative estimate of drug-likeness (QED) is 0.645. The minimum Gasteiger partial charge on any atom is -0.449 e. The highest BCUT2D eigenvalue weighted by molar-refractivity contribution is 7.92. The van der Waals surface area contributed by atoms with Crippen molar-refractivity contribution in [1.29, 1.82) is 0 Å². The van der Waals surface area contributed by atoms with Gasteiger partial charge in [-0.05, 0) is 55.5 Å². The topological polar surface area (TPSA) is 98.5 Å². The Morgan fingerprint density at radius 2 is 1.90 bits per heavy atom. The molecular formula is C22H24N2O5S. The molecule has 0 saturated heterocycles. The van der Waals surface area contributed by atoms with E-state index in [1.165, 1.54) is 0 Å². The van der Waals surface area contributed by atoms with Gasteiger partial charge in [-0.1, -0.05) is 12.1 Å². The molecule has 2 heterocycles. The van der Waals surface area contributed by atoms with E-state index in [-0.39, 0.29) is 29.6 Å². The Hall–Kier alpha value is -2.71. The highest BCUT2D eigenvalue weighted by Crippen LogP contribution is 2.30. The molecule has 3 aromatic rings. The Bertz CT molecular complexity index is 1100. The van der Waals surface area contributed by atoms with E-state index in [0.717, 1.165) is 23.8 Å². The Morgan fingerprint density at radius 1 is 1.17 bits per heavy atom. The molecule has 4 rings (SSSR count). The minimum absolute atomic E-state index is 0.158. The predicted molar refractivity (Wildman–Crippen MR) is 112 cm³/mol. The summed E-state index contributed by atoms with van der Waals surface area (Å²) in [7, 11) is -1.69. The number of nitrogens with zero attached hydrogens (tertiary/aromatic N) is 1. The molecule has 1 fully saturated rings. The average Bonchev–Trinajstić information content (AvgIpc) is 3.22. The number of carbonyl (C=O) groups excluding carboxylic acids is 1. The lowest BCUT2D eigenvalue weighted by molar-refractivity contribution is 0.0717. The number of hydrogen-bond acceptors (Lipinski definition) is 6. The molecule has 1 N–H and O–H groups in total. The normalized spacial score (nSPS) is 19.6. The molecule has 1 amide bonds. The number of carbonyl (C=O) groups is 1. The molecule has 0 spiro atoms. The summed E-state index contributed by atoms with van der Waals surface area (Å²) in [5.41, 5.74) is 1.36. The zero-order valence-electron chi connectivity index (χ0n) is 16.7. The van der Waals surface area contributed by atoms with Gasteiger partial charge in [0, 0.05) is 25.2 Å². The van der Waals surface area contributed by atoms with Crippen LogP contribution < -0.4 is 5.32 Å². The van der Waals surface area contributed by atoms with Gasteiger partial charge in [-0.15, -0.1) is 0 Å². The molecule has 0 atom stereocenters. The fourth-order valence-electron chi connectivity index (χ4n) is 3.83. The first-order valence-electron chi connectivity index (χ1n) is 9.95. The number of aromatic nitrogens is 1. The number of pyridine rings is 1. The zero-order chi connectivity index (χ0) is 21.1. The minimum atomic E-state index is -3.36. The predicted octanol–water partition coefficient (Wildman–Crippen LogP) is 3.49. The van der Waals surface area contributed by atoms with Crippen LogP contribution in [0, 0.1) is 0 Å². The lowest BCUT2D eigenvalue weighted by atomic mass is 9.97. The fraction of sp³-hybridized carbons (Fsp3) is 0.364. The van der Waals surface area contributed by atoms with E-state index < -0.39 is 9.84 Å². The van der Waals surface area contributed by atoms with Crippen LogP contribution in [0.5, 0.6) is 0 Å². The summed E-state index contributed by atoms with van der Waals surface area (Å²) >= 11 is 0.